The molecular weight excluding hydrogens is 404 g/mol. The number of halogens is 4. The van der Waals surface area contributed by atoms with Crippen molar-refractivity contribution in [2.24, 2.45) is 11.1 Å². The Labute approximate surface area is 170 Å². The van der Waals surface area contributed by atoms with Crippen LogP contribution in [0.4, 0.5) is 23.2 Å². The Morgan fingerprint density at radius 3 is 2.37 bits per heavy atom. The van der Waals surface area contributed by atoms with E-state index in [2.05, 4.69) is 15.2 Å². The first-order valence-electron chi connectivity index (χ1n) is 9.31. The molecule has 1 N–H and O–H groups in total. The van der Waals surface area contributed by atoms with E-state index in [1.807, 2.05) is 0 Å². The third-order valence-electron chi connectivity index (χ3n) is 4.58. The van der Waals surface area contributed by atoms with E-state index in [1.54, 1.807) is 6.92 Å². The molecule has 1 fully saturated rings. The van der Waals surface area contributed by atoms with E-state index in [4.69, 9.17) is 4.84 Å². The van der Waals surface area contributed by atoms with E-state index in [-0.39, 0.29) is 23.3 Å². The van der Waals surface area contributed by atoms with Gasteiger partial charge in [-0.1, -0.05) is 17.3 Å². The third-order valence-corrected chi connectivity index (χ3v) is 4.58. The van der Waals surface area contributed by atoms with Crippen LogP contribution >= 0.6 is 0 Å². The average Bonchev–Trinajstić information content (AvgIpc) is 3.52. The van der Waals surface area contributed by atoms with Crippen LogP contribution in [0.25, 0.3) is 0 Å². The monoisotopic (exact) mass is 424 g/mol. The highest BCUT2D eigenvalue weighted by Crippen LogP contribution is 2.35. The Hall–Kier alpha value is -3.10. The molecule has 1 saturated carbocycles. The first-order valence-corrected chi connectivity index (χ1v) is 9.31. The predicted octanol–water partition coefficient (Wildman–Crippen LogP) is 5.09. The van der Waals surface area contributed by atoms with E-state index in [0.29, 0.717) is 17.7 Å². The largest absolute Gasteiger partial charge is 0.434 e. The second-order valence-electron chi connectivity index (χ2n) is 6.96. The van der Waals surface area contributed by atoms with Crippen LogP contribution in [0.3, 0.4) is 0 Å². The van der Waals surface area contributed by atoms with Gasteiger partial charge in [-0.25, -0.2) is 8.78 Å². The number of nitrogens with one attached hydrogen (secondary N) is 1. The minimum absolute atomic E-state index is 0.204. The maximum absolute atomic E-state index is 14.7. The average molecular weight is 424 g/mol. The molecule has 0 aliphatic heterocycles. The lowest BCUT2D eigenvalue weighted by Crippen LogP contribution is -2.16. The van der Waals surface area contributed by atoms with Crippen molar-refractivity contribution in [1.29, 1.82) is 0 Å². The van der Waals surface area contributed by atoms with Crippen molar-refractivity contribution in [2.45, 2.75) is 39.4 Å². The normalized spacial score (nSPS) is 15.1. The summed E-state index contributed by atoms with van der Waals surface area (Å²) in [4.78, 5) is 16.7. The number of alkyl halides is 2. The zero-order valence-corrected chi connectivity index (χ0v) is 16.3. The number of hydrogen-bond donors (Lipinski definition) is 1. The molecule has 0 saturated heterocycles. The van der Waals surface area contributed by atoms with Crippen molar-refractivity contribution in [1.82, 2.24) is 0 Å². The van der Waals surface area contributed by atoms with E-state index < -0.39 is 29.6 Å². The summed E-state index contributed by atoms with van der Waals surface area (Å²) in [6, 6.07) is 7.59. The fourth-order valence-corrected chi connectivity index (χ4v) is 2.89. The van der Waals surface area contributed by atoms with Gasteiger partial charge >= 0.3 is 6.61 Å². The van der Waals surface area contributed by atoms with Crippen LogP contribution in [0, 0.1) is 17.6 Å². The standard InChI is InChI=1S/C21H20F4N2O3/c1-11(13-3-4-13)30-27-20(14-5-7-15(8-6-14)26-12(2)28)18-17(29-21(24)25)10-9-16(22)19(18)23/h5-11,13,21H,3-4H2,1-2H3,(H,26,28)/b27-20+. The van der Waals surface area contributed by atoms with Gasteiger partial charge in [0.15, 0.2) is 11.6 Å². The van der Waals surface area contributed by atoms with Gasteiger partial charge < -0.3 is 14.9 Å². The highest BCUT2D eigenvalue weighted by molar-refractivity contribution is 6.14. The second kappa shape index (κ2) is 9.15. The number of anilines is 1. The lowest BCUT2D eigenvalue weighted by molar-refractivity contribution is -0.114. The van der Waals surface area contributed by atoms with Gasteiger partial charge in [0.1, 0.15) is 17.6 Å². The van der Waals surface area contributed by atoms with Gasteiger partial charge in [-0.3, -0.25) is 4.79 Å². The summed E-state index contributed by atoms with van der Waals surface area (Å²) in [6.45, 7) is -0.121. The van der Waals surface area contributed by atoms with Crippen LogP contribution < -0.4 is 10.1 Å². The van der Waals surface area contributed by atoms with Crippen LogP contribution in [0.15, 0.2) is 41.6 Å². The molecule has 0 spiro atoms. The molecule has 0 heterocycles. The van der Waals surface area contributed by atoms with Gasteiger partial charge in [-0.2, -0.15) is 8.78 Å². The summed E-state index contributed by atoms with van der Waals surface area (Å²) in [6.07, 6.45) is 1.64. The summed E-state index contributed by atoms with van der Waals surface area (Å²) >= 11 is 0. The molecule has 5 nitrogen and oxygen atoms in total. The molecule has 160 valence electrons. The molecule has 1 aliphatic carbocycles. The molecule has 1 atom stereocenters. The van der Waals surface area contributed by atoms with E-state index in [0.717, 1.165) is 18.9 Å². The molecule has 3 rings (SSSR count). The maximum atomic E-state index is 14.7. The van der Waals surface area contributed by atoms with E-state index in [1.165, 1.54) is 31.2 Å². The number of carbonyl (C=O) groups excluding carboxylic acids is 1. The molecule has 1 unspecified atom stereocenters. The number of nitrogens with zero attached hydrogens (tertiary/aromatic N) is 1. The first-order chi connectivity index (χ1) is 14.3. The quantitative estimate of drug-likeness (QED) is 0.365. The zero-order chi connectivity index (χ0) is 21.8. The van der Waals surface area contributed by atoms with Gasteiger partial charge in [-0.15, -0.1) is 0 Å². The predicted molar refractivity (Wildman–Crippen MR) is 103 cm³/mol. The lowest BCUT2D eigenvalue weighted by atomic mass is 10.00. The van der Waals surface area contributed by atoms with E-state index >= 15 is 0 Å². The van der Waals surface area contributed by atoms with Crippen molar-refractivity contribution >= 4 is 17.3 Å². The van der Waals surface area contributed by atoms with Crippen molar-refractivity contribution < 1.29 is 31.9 Å². The van der Waals surface area contributed by atoms with Gasteiger partial charge in [-0.05, 0) is 49.9 Å². The topological polar surface area (TPSA) is 59.9 Å². The zero-order valence-electron chi connectivity index (χ0n) is 16.3. The van der Waals surface area contributed by atoms with Crippen molar-refractivity contribution in [3.05, 3.63) is 59.2 Å². The molecule has 2 aromatic carbocycles. The second-order valence-corrected chi connectivity index (χ2v) is 6.96. The molecule has 0 aromatic heterocycles. The number of hydrogen-bond acceptors (Lipinski definition) is 4. The van der Waals surface area contributed by atoms with Crippen molar-refractivity contribution in [3.8, 4) is 5.75 Å². The number of carbonyl (C=O) groups is 1. The SMILES string of the molecule is CC(=O)Nc1ccc(/C(=N\OC(C)C2CC2)c2c(OC(F)F)ccc(F)c2F)cc1. The fourth-order valence-electron chi connectivity index (χ4n) is 2.89. The van der Waals surface area contributed by atoms with Gasteiger partial charge in [0.05, 0.1) is 5.56 Å². The first kappa shape index (κ1) is 21.6. The summed E-state index contributed by atoms with van der Waals surface area (Å²) < 4.78 is 58.8. The number of ether oxygens (including phenoxy) is 1. The highest BCUT2D eigenvalue weighted by atomic mass is 19.3. The van der Waals surface area contributed by atoms with E-state index in [9.17, 15) is 22.4 Å². The summed E-state index contributed by atoms with van der Waals surface area (Å²) in [7, 11) is 0. The minimum atomic E-state index is -3.25. The molecule has 1 aliphatic rings. The van der Waals surface area contributed by atoms with Crippen LogP contribution in [0.2, 0.25) is 0 Å². The van der Waals surface area contributed by atoms with Gasteiger partial charge in [0.25, 0.3) is 0 Å². The molecule has 0 radical (unpaired) electrons. The Bertz CT molecular complexity index is 944. The van der Waals surface area contributed by atoms with Crippen LogP contribution in [0.5, 0.6) is 5.75 Å². The Balaban J connectivity index is 2.07. The van der Waals surface area contributed by atoms with Crippen LogP contribution in [-0.2, 0) is 9.63 Å². The molecule has 9 heteroatoms. The Morgan fingerprint density at radius 2 is 1.80 bits per heavy atom. The number of benzene rings is 2. The number of rotatable bonds is 8. The van der Waals surface area contributed by atoms with Crippen LogP contribution in [0.1, 0.15) is 37.8 Å². The smallest absolute Gasteiger partial charge is 0.387 e. The minimum Gasteiger partial charge on any atom is -0.434 e. The van der Waals surface area contributed by atoms with Crippen molar-refractivity contribution in [2.75, 3.05) is 5.32 Å². The molecule has 2 aromatic rings. The van der Waals surface area contributed by atoms with Crippen LogP contribution in [-0.4, -0.2) is 24.3 Å². The van der Waals surface area contributed by atoms with Gasteiger partial charge in [0.2, 0.25) is 5.91 Å². The number of oxime groups is 1. The Morgan fingerprint density at radius 1 is 1.13 bits per heavy atom. The highest BCUT2D eigenvalue weighted by Gasteiger charge is 2.30. The number of amides is 1. The molecular formula is C21H20F4N2O3. The summed E-state index contributed by atoms with van der Waals surface area (Å²) in [5.74, 6) is -3.20. The maximum Gasteiger partial charge on any atom is 0.387 e. The van der Waals surface area contributed by atoms with Gasteiger partial charge in [0, 0.05) is 18.2 Å². The molecule has 30 heavy (non-hydrogen) atoms. The summed E-state index contributed by atoms with van der Waals surface area (Å²) in [5, 5.41) is 6.56. The Kier molecular flexibility index (Phi) is 6.59. The molecule has 0 bridgehead atoms. The fraction of sp³-hybridized carbons (Fsp3) is 0.333. The molecule has 1 amide bonds. The lowest BCUT2D eigenvalue weighted by Gasteiger charge is -2.16. The third kappa shape index (κ3) is 5.28. The summed E-state index contributed by atoms with van der Waals surface area (Å²) in [5.41, 5.74) is -0.0625. The van der Waals surface area contributed by atoms with Crippen molar-refractivity contribution in [3.63, 3.8) is 0 Å².